The van der Waals surface area contributed by atoms with Gasteiger partial charge in [0.05, 0.1) is 6.61 Å². The smallest absolute Gasteiger partial charge is 0.0638 e. The van der Waals surface area contributed by atoms with Crippen molar-refractivity contribution in [2.45, 2.75) is 249 Å². The van der Waals surface area contributed by atoms with Gasteiger partial charge in [0.15, 0.2) is 0 Å². The molecular formula is C43H92OS. The summed E-state index contributed by atoms with van der Waals surface area (Å²) in [6.07, 6.45) is 41.5. The maximum Gasteiger partial charge on any atom is 0.0638 e. The molecule has 0 rings (SSSR count). The Labute approximate surface area is 295 Å². The first-order valence-electron chi connectivity index (χ1n) is 21.2. The van der Waals surface area contributed by atoms with Crippen LogP contribution < -0.4 is 0 Å². The molecule has 0 N–H and O–H groups in total. The SMILES string of the molecule is CC.CCCCCCC(C)C.CCCCCCCCCCCCCCCCCCCC(C)C(C)CCCCCC(CC)COS. The van der Waals surface area contributed by atoms with Crippen LogP contribution in [-0.2, 0) is 4.18 Å². The molecule has 276 valence electrons. The predicted molar refractivity (Wildman–Crippen MR) is 214 cm³/mol. The van der Waals surface area contributed by atoms with Crippen LogP contribution in [0.2, 0.25) is 0 Å². The summed E-state index contributed by atoms with van der Waals surface area (Å²) in [6.45, 7) is 21.2. The minimum atomic E-state index is 0.702. The molecule has 2 heteroatoms. The van der Waals surface area contributed by atoms with Crippen molar-refractivity contribution in [3.05, 3.63) is 0 Å². The molecule has 0 aromatic carbocycles. The predicted octanol–water partition coefficient (Wildman–Crippen LogP) is 16.8. The second kappa shape index (κ2) is 44.3. The lowest BCUT2D eigenvalue weighted by molar-refractivity contribution is 0.267. The second-order valence-corrected chi connectivity index (χ2v) is 15.1. The Morgan fingerprint density at radius 2 is 0.689 bits per heavy atom. The normalized spacial score (nSPS) is 13.1. The Hall–Kier alpha value is 0.310. The summed E-state index contributed by atoms with van der Waals surface area (Å²) < 4.78 is 5.03. The zero-order valence-corrected chi connectivity index (χ0v) is 34.3. The van der Waals surface area contributed by atoms with Crippen LogP contribution in [-0.4, -0.2) is 6.61 Å². The van der Waals surface area contributed by atoms with E-state index in [9.17, 15) is 0 Å². The van der Waals surface area contributed by atoms with E-state index >= 15 is 0 Å². The summed E-state index contributed by atoms with van der Waals surface area (Å²) in [5, 5.41) is 0. The molecule has 45 heavy (non-hydrogen) atoms. The molecule has 3 unspecified atom stereocenters. The molecule has 0 spiro atoms. The van der Waals surface area contributed by atoms with Crippen molar-refractivity contribution in [1.82, 2.24) is 0 Å². The molecule has 0 fully saturated rings. The Morgan fingerprint density at radius 1 is 0.400 bits per heavy atom. The average molecular weight is 657 g/mol. The molecule has 0 bridgehead atoms. The number of hydrogen-bond acceptors (Lipinski definition) is 2. The molecule has 3 atom stereocenters. The lowest BCUT2D eigenvalue weighted by Gasteiger charge is -2.20. The van der Waals surface area contributed by atoms with Crippen molar-refractivity contribution in [3.63, 3.8) is 0 Å². The summed E-state index contributed by atoms with van der Waals surface area (Å²) in [4.78, 5) is 0. The fourth-order valence-corrected chi connectivity index (χ4v) is 6.54. The number of rotatable bonds is 33. The van der Waals surface area contributed by atoms with Crippen LogP contribution in [0, 0.1) is 23.7 Å². The largest absolute Gasteiger partial charge is 0.318 e. The van der Waals surface area contributed by atoms with Gasteiger partial charge in [0.1, 0.15) is 0 Å². The van der Waals surface area contributed by atoms with Gasteiger partial charge in [-0.15, -0.1) is 0 Å². The number of hydrogen-bond donors (Lipinski definition) is 1. The van der Waals surface area contributed by atoms with Crippen LogP contribution in [0.1, 0.15) is 249 Å². The van der Waals surface area contributed by atoms with E-state index < -0.39 is 0 Å². The summed E-state index contributed by atoms with van der Waals surface area (Å²) >= 11 is 3.91. The molecule has 0 aromatic rings. The molecule has 0 aliphatic heterocycles. The van der Waals surface area contributed by atoms with Crippen molar-refractivity contribution in [2.24, 2.45) is 23.7 Å². The molecule has 1 nitrogen and oxygen atoms in total. The minimum Gasteiger partial charge on any atom is -0.318 e. The van der Waals surface area contributed by atoms with Gasteiger partial charge in [-0.05, 0) is 43.0 Å². The van der Waals surface area contributed by atoms with E-state index in [2.05, 4.69) is 61.4 Å². The van der Waals surface area contributed by atoms with Gasteiger partial charge in [-0.3, -0.25) is 0 Å². The highest BCUT2D eigenvalue weighted by Gasteiger charge is 2.12. The Morgan fingerprint density at radius 3 is 1.02 bits per heavy atom. The Kier molecular flexibility index (Phi) is 48.9. The van der Waals surface area contributed by atoms with E-state index in [0.29, 0.717) is 5.92 Å². The van der Waals surface area contributed by atoms with Crippen molar-refractivity contribution in [1.29, 1.82) is 0 Å². The Bertz CT molecular complexity index is 478. The zero-order chi connectivity index (χ0) is 34.2. The van der Waals surface area contributed by atoms with Gasteiger partial charge in [-0.25, -0.2) is 0 Å². The van der Waals surface area contributed by atoms with Gasteiger partial charge in [-0.2, -0.15) is 0 Å². The van der Waals surface area contributed by atoms with Crippen molar-refractivity contribution in [3.8, 4) is 0 Å². The summed E-state index contributed by atoms with van der Waals surface area (Å²) in [5.74, 6) is 3.40. The highest BCUT2D eigenvalue weighted by Crippen LogP contribution is 2.25. The first-order valence-corrected chi connectivity index (χ1v) is 21.5. The molecule has 0 aromatic heterocycles. The highest BCUT2D eigenvalue weighted by molar-refractivity contribution is 7.75. The average Bonchev–Trinajstić information content (AvgIpc) is 3.04. The molecule has 0 amide bonds. The van der Waals surface area contributed by atoms with Crippen LogP contribution in [0.5, 0.6) is 0 Å². The van der Waals surface area contributed by atoms with Gasteiger partial charge in [0.25, 0.3) is 0 Å². The van der Waals surface area contributed by atoms with Crippen molar-refractivity contribution in [2.75, 3.05) is 6.61 Å². The fraction of sp³-hybridized carbons (Fsp3) is 1.00. The molecular weight excluding hydrogens is 565 g/mol. The van der Waals surface area contributed by atoms with Crippen LogP contribution in [0.4, 0.5) is 0 Å². The number of unbranched alkanes of at least 4 members (excludes halogenated alkanes) is 21. The first-order chi connectivity index (χ1) is 21.9. The molecule has 0 saturated heterocycles. The summed E-state index contributed by atoms with van der Waals surface area (Å²) in [6, 6.07) is 0. The third-order valence-electron chi connectivity index (χ3n) is 10.0. The fourth-order valence-electron chi connectivity index (χ4n) is 6.33. The summed E-state index contributed by atoms with van der Waals surface area (Å²) in [7, 11) is 0. The van der Waals surface area contributed by atoms with Gasteiger partial charge >= 0.3 is 0 Å². The van der Waals surface area contributed by atoms with E-state index in [-0.39, 0.29) is 0 Å². The van der Waals surface area contributed by atoms with Crippen molar-refractivity contribution < 1.29 is 4.18 Å². The summed E-state index contributed by atoms with van der Waals surface area (Å²) in [5.41, 5.74) is 0. The quantitative estimate of drug-likeness (QED) is 0.0420. The standard InChI is InChI=1S/C32H66OS.C9H20.C2H6/c1-5-7-8-9-10-11-12-13-14-15-16-17-18-19-20-21-23-26-30(3)31(4)27-24-22-25-28-32(6-2)29-33-34;1-4-5-6-7-8-9(2)3;1-2/h30-32,34H,5-29H2,1-4H3;9H,4-8H2,1-3H3;1-2H3. The van der Waals surface area contributed by atoms with Gasteiger partial charge in [-0.1, -0.05) is 242 Å². The molecule has 0 saturated carbocycles. The van der Waals surface area contributed by atoms with Gasteiger partial charge < -0.3 is 4.18 Å². The maximum absolute atomic E-state index is 5.03. The zero-order valence-electron chi connectivity index (χ0n) is 33.4. The van der Waals surface area contributed by atoms with E-state index in [1.54, 1.807) is 0 Å². The van der Waals surface area contributed by atoms with Crippen LogP contribution in [0.25, 0.3) is 0 Å². The lowest BCUT2D eigenvalue weighted by Crippen LogP contribution is -2.08. The molecule has 0 aliphatic carbocycles. The van der Waals surface area contributed by atoms with Gasteiger partial charge in [0, 0.05) is 0 Å². The first kappa shape index (κ1) is 49.7. The van der Waals surface area contributed by atoms with E-state index in [1.165, 1.54) is 186 Å². The lowest BCUT2D eigenvalue weighted by atomic mass is 9.86. The van der Waals surface area contributed by atoms with Crippen LogP contribution in [0.15, 0.2) is 0 Å². The maximum atomic E-state index is 5.03. The third kappa shape index (κ3) is 44.3. The van der Waals surface area contributed by atoms with E-state index in [4.69, 9.17) is 4.18 Å². The molecule has 0 aliphatic rings. The molecule has 0 heterocycles. The topological polar surface area (TPSA) is 9.23 Å². The second-order valence-electron chi connectivity index (χ2n) is 14.9. The van der Waals surface area contributed by atoms with Crippen LogP contribution in [0.3, 0.4) is 0 Å². The minimum absolute atomic E-state index is 0.702. The van der Waals surface area contributed by atoms with Crippen molar-refractivity contribution >= 4 is 12.9 Å². The van der Waals surface area contributed by atoms with E-state index in [1.807, 2.05) is 13.8 Å². The molecule has 0 radical (unpaired) electrons. The van der Waals surface area contributed by atoms with Crippen LogP contribution >= 0.6 is 12.9 Å². The monoisotopic (exact) mass is 657 g/mol. The van der Waals surface area contributed by atoms with E-state index in [0.717, 1.165) is 24.4 Å². The number of thiol groups is 1. The third-order valence-corrected chi connectivity index (χ3v) is 10.2. The van der Waals surface area contributed by atoms with Gasteiger partial charge in [0.2, 0.25) is 0 Å². The highest BCUT2D eigenvalue weighted by atomic mass is 32.1. The Balaban J connectivity index is -0.00000136.